The molecule has 3 N–H and O–H groups in total. The van der Waals surface area contributed by atoms with E-state index < -0.39 is 0 Å². The molecule has 0 aromatic carbocycles. The number of aromatic nitrogens is 2. The van der Waals surface area contributed by atoms with Gasteiger partial charge in [-0.1, -0.05) is 23.1 Å². The Bertz CT molecular complexity index is 657. The molecule has 1 heterocycles. The second-order valence-electron chi connectivity index (χ2n) is 7.89. The molecule has 5 rings (SSSR count). The van der Waals surface area contributed by atoms with Crippen molar-refractivity contribution in [3.63, 3.8) is 0 Å². The largest absolute Gasteiger partial charge is 0.360 e. The minimum absolute atomic E-state index is 0.0772. The number of urea groups is 1. The third-order valence-electron chi connectivity index (χ3n) is 5.73. The first-order chi connectivity index (χ1) is 12.5. The number of hydrogen-bond donors (Lipinski definition) is 3. The molecule has 1 aromatic heterocycles. The standard InChI is InChI=1S/C17H25N5O2S2/c1-2-18-15-21-22-16(26-15)25-9-13(23)19-14(24)20-17-6-10-3-11(7-17)5-12(4-10)8-17/h10-12H,2-9H2,1H3,(H,18,21)(H2,19,20,23,24). The average molecular weight is 396 g/mol. The molecule has 142 valence electrons. The summed E-state index contributed by atoms with van der Waals surface area (Å²) in [5.41, 5.74) is -0.0772. The Morgan fingerprint density at radius 1 is 1.15 bits per heavy atom. The van der Waals surface area contributed by atoms with Crippen molar-refractivity contribution in [2.75, 3.05) is 17.6 Å². The van der Waals surface area contributed by atoms with Crippen molar-refractivity contribution in [1.29, 1.82) is 0 Å². The van der Waals surface area contributed by atoms with E-state index >= 15 is 0 Å². The fourth-order valence-corrected chi connectivity index (χ4v) is 6.94. The quantitative estimate of drug-likeness (QED) is 0.641. The third-order valence-corrected chi connectivity index (χ3v) is 7.75. The molecule has 0 radical (unpaired) electrons. The van der Waals surface area contributed by atoms with Crippen molar-refractivity contribution >= 4 is 40.2 Å². The van der Waals surface area contributed by atoms with Gasteiger partial charge in [0, 0.05) is 12.1 Å². The first-order valence-electron chi connectivity index (χ1n) is 9.36. The van der Waals surface area contributed by atoms with Crippen LogP contribution in [0.2, 0.25) is 0 Å². The normalized spacial score (nSPS) is 31.7. The van der Waals surface area contributed by atoms with E-state index in [1.807, 2.05) is 6.92 Å². The van der Waals surface area contributed by atoms with Crippen LogP contribution in [0.25, 0.3) is 0 Å². The van der Waals surface area contributed by atoms with Crippen LogP contribution in [0.4, 0.5) is 9.93 Å². The second-order valence-corrected chi connectivity index (χ2v) is 10.1. The highest BCUT2D eigenvalue weighted by molar-refractivity contribution is 8.01. The highest BCUT2D eigenvalue weighted by atomic mass is 32.2. The predicted molar refractivity (Wildman–Crippen MR) is 102 cm³/mol. The van der Waals surface area contributed by atoms with Crippen LogP contribution >= 0.6 is 23.1 Å². The maximum absolute atomic E-state index is 12.4. The molecule has 0 unspecified atom stereocenters. The Kier molecular flexibility index (Phi) is 5.09. The molecular weight excluding hydrogens is 370 g/mol. The molecular formula is C17H25N5O2S2. The lowest BCUT2D eigenvalue weighted by Crippen LogP contribution is -2.61. The van der Waals surface area contributed by atoms with Crippen molar-refractivity contribution < 1.29 is 9.59 Å². The number of carbonyl (C=O) groups is 2. The third kappa shape index (κ3) is 3.98. The number of rotatable bonds is 6. The van der Waals surface area contributed by atoms with Gasteiger partial charge in [0.2, 0.25) is 11.0 Å². The number of amides is 3. The summed E-state index contributed by atoms with van der Waals surface area (Å²) in [7, 11) is 0. The van der Waals surface area contributed by atoms with E-state index in [4.69, 9.17) is 0 Å². The summed E-state index contributed by atoms with van der Waals surface area (Å²) < 4.78 is 0.720. The summed E-state index contributed by atoms with van der Waals surface area (Å²) in [6.07, 6.45) is 7.21. The molecule has 4 bridgehead atoms. The van der Waals surface area contributed by atoms with E-state index in [-0.39, 0.29) is 23.2 Å². The molecule has 9 heteroatoms. The Labute approximate surface area is 161 Å². The highest BCUT2D eigenvalue weighted by Crippen LogP contribution is 2.55. The zero-order valence-corrected chi connectivity index (χ0v) is 16.5. The summed E-state index contributed by atoms with van der Waals surface area (Å²) >= 11 is 2.71. The van der Waals surface area contributed by atoms with Gasteiger partial charge in [-0.3, -0.25) is 10.1 Å². The van der Waals surface area contributed by atoms with Crippen molar-refractivity contribution in [3.05, 3.63) is 0 Å². The Morgan fingerprint density at radius 3 is 2.42 bits per heavy atom. The zero-order chi connectivity index (χ0) is 18.1. The average Bonchev–Trinajstić information content (AvgIpc) is 2.99. The van der Waals surface area contributed by atoms with Crippen LogP contribution in [0.3, 0.4) is 0 Å². The van der Waals surface area contributed by atoms with Gasteiger partial charge in [0.1, 0.15) is 0 Å². The van der Waals surface area contributed by atoms with Gasteiger partial charge < -0.3 is 10.6 Å². The SMILES string of the molecule is CCNc1nnc(SCC(=O)NC(=O)NC23CC4CC(CC(C4)C2)C3)s1. The van der Waals surface area contributed by atoms with Gasteiger partial charge in [-0.25, -0.2) is 4.79 Å². The molecule has 4 aliphatic carbocycles. The number of nitrogens with zero attached hydrogens (tertiary/aromatic N) is 2. The van der Waals surface area contributed by atoms with E-state index in [1.165, 1.54) is 42.4 Å². The molecule has 0 saturated heterocycles. The lowest BCUT2D eigenvalue weighted by molar-refractivity contribution is -0.117. The van der Waals surface area contributed by atoms with E-state index in [1.54, 1.807) is 0 Å². The minimum atomic E-state index is -0.344. The van der Waals surface area contributed by atoms with Crippen molar-refractivity contribution in [2.45, 2.75) is 55.3 Å². The smallest absolute Gasteiger partial charge is 0.321 e. The van der Waals surface area contributed by atoms with Gasteiger partial charge in [-0.2, -0.15) is 0 Å². The maximum Gasteiger partial charge on any atom is 0.321 e. The number of hydrogen-bond acceptors (Lipinski definition) is 7. The Hall–Kier alpha value is -1.35. The fraction of sp³-hybridized carbons (Fsp3) is 0.765. The van der Waals surface area contributed by atoms with Gasteiger partial charge in [-0.05, 0) is 63.2 Å². The van der Waals surface area contributed by atoms with Gasteiger partial charge in [0.25, 0.3) is 0 Å². The molecule has 1 aromatic rings. The van der Waals surface area contributed by atoms with Gasteiger partial charge in [0.15, 0.2) is 4.34 Å². The summed E-state index contributed by atoms with van der Waals surface area (Å²) in [5.74, 6) is 2.15. The van der Waals surface area contributed by atoms with Gasteiger partial charge in [0.05, 0.1) is 5.75 Å². The predicted octanol–water partition coefficient (Wildman–Crippen LogP) is 2.86. The van der Waals surface area contributed by atoms with E-state index in [0.29, 0.717) is 0 Å². The van der Waals surface area contributed by atoms with Crippen LogP contribution in [0.5, 0.6) is 0 Å². The van der Waals surface area contributed by atoms with Crippen molar-refractivity contribution in [3.8, 4) is 0 Å². The maximum atomic E-state index is 12.4. The molecule has 4 aliphatic rings. The number of thioether (sulfide) groups is 1. The molecule has 26 heavy (non-hydrogen) atoms. The van der Waals surface area contributed by atoms with E-state index in [0.717, 1.165) is 53.0 Å². The van der Waals surface area contributed by atoms with Crippen molar-refractivity contribution in [1.82, 2.24) is 20.8 Å². The van der Waals surface area contributed by atoms with Crippen LogP contribution in [-0.2, 0) is 4.79 Å². The number of anilines is 1. The number of carbonyl (C=O) groups excluding carboxylic acids is 2. The second kappa shape index (κ2) is 7.34. The summed E-state index contributed by atoms with van der Waals surface area (Å²) in [6, 6.07) is -0.344. The Morgan fingerprint density at radius 2 is 1.81 bits per heavy atom. The zero-order valence-electron chi connectivity index (χ0n) is 14.9. The van der Waals surface area contributed by atoms with Crippen LogP contribution in [0.1, 0.15) is 45.4 Å². The molecule has 0 aliphatic heterocycles. The first kappa shape index (κ1) is 18.0. The van der Waals surface area contributed by atoms with Crippen molar-refractivity contribution in [2.24, 2.45) is 17.8 Å². The molecule has 7 nitrogen and oxygen atoms in total. The van der Waals surface area contributed by atoms with E-state index in [9.17, 15) is 9.59 Å². The topological polar surface area (TPSA) is 96.0 Å². The van der Waals surface area contributed by atoms with Crippen LogP contribution < -0.4 is 16.0 Å². The molecule has 4 saturated carbocycles. The monoisotopic (exact) mass is 395 g/mol. The molecule has 0 spiro atoms. The number of imide groups is 1. The van der Waals surface area contributed by atoms with Crippen LogP contribution in [-0.4, -0.2) is 40.0 Å². The first-order valence-corrected chi connectivity index (χ1v) is 11.2. The van der Waals surface area contributed by atoms with Crippen LogP contribution in [0, 0.1) is 17.8 Å². The molecule has 4 fully saturated rings. The summed E-state index contributed by atoms with van der Waals surface area (Å²) in [4.78, 5) is 24.4. The fourth-order valence-electron chi connectivity index (χ4n) is 5.32. The Balaban J connectivity index is 1.25. The number of nitrogens with one attached hydrogen (secondary N) is 3. The lowest BCUT2D eigenvalue weighted by atomic mass is 9.53. The van der Waals surface area contributed by atoms with E-state index in [2.05, 4.69) is 26.1 Å². The van der Waals surface area contributed by atoms with Gasteiger partial charge >= 0.3 is 6.03 Å². The minimum Gasteiger partial charge on any atom is -0.360 e. The lowest BCUT2D eigenvalue weighted by Gasteiger charge is -2.56. The van der Waals surface area contributed by atoms with Gasteiger partial charge in [-0.15, -0.1) is 10.2 Å². The van der Waals surface area contributed by atoms with Crippen LogP contribution in [0.15, 0.2) is 4.34 Å². The summed E-state index contributed by atoms with van der Waals surface area (Å²) in [6.45, 7) is 2.77. The molecule has 3 amide bonds. The molecule has 0 atom stereocenters. The highest BCUT2D eigenvalue weighted by Gasteiger charge is 2.51. The summed E-state index contributed by atoms with van der Waals surface area (Å²) in [5, 5.41) is 17.5.